The van der Waals surface area contributed by atoms with Gasteiger partial charge in [0, 0.05) is 0 Å². The summed E-state index contributed by atoms with van der Waals surface area (Å²) in [5.74, 6) is 0.656. The molecule has 18 heavy (non-hydrogen) atoms. The van der Waals surface area contributed by atoms with Gasteiger partial charge in [-0.3, -0.25) is 0 Å². The molecule has 1 aromatic rings. The zero-order valence-corrected chi connectivity index (χ0v) is 12.9. The monoisotopic (exact) mass is 244 g/mol. The highest BCUT2D eigenvalue weighted by Crippen LogP contribution is 2.31. The van der Waals surface area contributed by atoms with Crippen molar-refractivity contribution in [2.24, 2.45) is 0 Å². The first-order valence-electron chi connectivity index (χ1n) is 7.12. The molecule has 0 amide bonds. The largest absolute Gasteiger partial charge is 0.0916 e. The van der Waals surface area contributed by atoms with E-state index in [4.69, 9.17) is 0 Å². The summed E-state index contributed by atoms with van der Waals surface area (Å²) in [6.07, 6.45) is 6.81. The quantitative estimate of drug-likeness (QED) is 0.591. The van der Waals surface area contributed by atoms with Gasteiger partial charge in [0.15, 0.2) is 0 Å². The zero-order chi connectivity index (χ0) is 13.8. The van der Waals surface area contributed by atoms with E-state index in [1.807, 2.05) is 0 Å². The lowest BCUT2D eigenvalue weighted by Crippen LogP contribution is -2.12. The maximum absolute atomic E-state index is 2.42. The third kappa shape index (κ3) is 3.73. The summed E-state index contributed by atoms with van der Waals surface area (Å²) in [4.78, 5) is 0. The van der Waals surface area contributed by atoms with Crippen LogP contribution in [0.2, 0.25) is 0 Å². The number of aryl methyl sites for hydroxylation is 1. The van der Waals surface area contributed by atoms with E-state index in [1.165, 1.54) is 23.1 Å². The lowest BCUT2D eigenvalue weighted by Gasteiger charge is -2.23. The molecule has 0 N–H and O–H groups in total. The lowest BCUT2D eigenvalue weighted by atomic mass is 9.81. The van der Waals surface area contributed by atoms with Crippen molar-refractivity contribution in [2.45, 2.75) is 65.7 Å². The fourth-order valence-electron chi connectivity index (χ4n) is 2.36. The maximum Gasteiger partial charge on any atom is -0.0127 e. The minimum Gasteiger partial charge on any atom is -0.0916 e. The molecule has 0 spiro atoms. The van der Waals surface area contributed by atoms with E-state index < -0.39 is 0 Å². The van der Waals surface area contributed by atoms with Crippen LogP contribution in [0.5, 0.6) is 0 Å². The highest BCUT2D eigenvalue weighted by molar-refractivity contribution is 5.37. The molecule has 1 atom stereocenters. The summed E-state index contributed by atoms with van der Waals surface area (Å²) in [7, 11) is 0. The van der Waals surface area contributed by atoms with Gasteiger partial charge in [-0.25, -0.2) is 0 Å². The Morgan fingerprint density at radius 3 is 2.39 bits per heavy atom. The van der Waals surface area contributed by atoms with Crippen molar-refractivity contribution in [1.82, 2.24) is 0 Å². The first-order valence-corrected chi connectivity index (χ1v) is 7.12. The van der Waals surface area contributed by atoms with E-state index in [-0.39, 0.29) is 5.41 Å². The van der Waals surface area contributed by atoms with Gasteiger partial charge in [0.2, 0.25) is 0 Å². The van der Waals surface area contributed by atoms with Gasteiger partial charge in [0.1, 0.15) is 0 Å². The van der Waals surface area contributed by atoms with Crippen LogP contribution >= 0.6 is 0 Å². The molecule has 0 heterocycles. The normalized spacial score (nSPS) is 14.1. The average Bonchev–Trinajstić information content (AvgIpc) is 2.30. The minimum absolute atomic E-state index is 0.237. The minimum atomic E-state index is 0.237. The van der Waals surface area contributed by atoms with Crippen molar-refractivity contribution >= 4 is 0 Å². The molecule has 0 aromatic heterocycles. The summed E-state index contributed by atoms with van der Waals surface area (Å²) in [5.41, 5.74) is 4.64. The van der Waals surface area contributed by atoms with Crippen LogP contribution in [0.25, 0.3) is 0 Å². The van der Waals surface area contributed by atoms with Crippen LogP contribution in [0, 0.1) is 6.92 Å². The molecule has 0 saturated carbocycles. The van der Waals surface area contributed by atoms with Crippen LogP contribution in [0.3, 0.4) is 0 Å². The number of hydrogen-bond acceptors (Lipinski definition) is 0. The Bertz CT molecular complexity index is 405. The highest BCUT2D eigenvalue weighted by atomic mass is 14.2. The maximum atomic E-state index is 2.42. The van der Waals surface area contributed by atoms with Gasteiger partial charge in [-0.1, -0.05) is 58.0 Å². The molecule has 0 nitrogen and oxygen atoms in total. The number of hydrogen-bond donors (Lipinski definition) is 0. The molecule has 0 aliphatic carbocycles. The number of allylic oxidation sites excluding steroid dienone is 2. The Labute approximate surface area is 113 Å². The summed E-state index contributed by atoms with van der Waals surface area (Å²) < 4.78 is 0. The Balaban J connectivity index is 3.13. The molecule has 100 valence electrons. The van der Waals surface area contributed by atoms with E-state index in [0.717, 1.165) is 6.42 Å². The Morgan fingerprint density at radius 1 is 1.22 bits per heavy atom. The Morgan fingerprint density at radius 2 is 1.89 bits per heavy atom. The predicted octanol–water partition coefficient (Wildman–Crippen LogP) is 5.75. The van der Waals surface area contributed by atoms with Crippen molar-refractivity contribution in [3.63, 3.8) is 0 Å². The van der Waals surface area contributed by atoms with Crippen molar-refractivity contribution in [3.8, 4) is 0 Å². The molecule has 0 heteroatoms. The molecule has 1 rings (SSSR count). The van der Waals surface area contributed by atoms with Crippen molar-refractivity contribution in [2.75, 3.05) is 0 Å². The van der Waals surface area contributed by atoms with Gasteiger partial charge in [0.05, 0.1) is 0 Å². The highest BCUT2D eigenvalue weighted by Gasteiger charge is 2.17. The third-order valence-electron chi connectivity index (χ3n) is 3.73. The van der Waals surface area contributed by atoms with Crippen LogP contribution in [0.4, 0.5) is 0 Å². The van der Waals surface area contributed by atoms with Gasteiger partial charge in [-0.2, -0.15) is 0 Å². The molecule has 0 aliphatic heterocycles. The number of rotatable bonds is 4. The van der Waals surface area contributed by atoms with Crippen LogP contribution in [-0.2, 0) is 5.41 Å². The molecule has 1 unspecified atom stereocenters. The molecule has 0 saturated heterocycles. The van der Waals surface area contributed by atoms with E-state index in [1.54, 1.807) is 0 Å². The van der Waals surface area contributed by atoms with Crippen LogP contribution < -0.4 is 0 Å². The second-order valence-electron chi connectivity index (χ2n) is 6.23. The van der Waals surface area contributed by atoms with Crippen LogP contribution in [0.15, 0.2) is 30.4 Å². The van der Waals surface area contributed by atoms with E-state index in [2.05, 4.69) is 71.9 Å². The molecular formula is C18H28. The second kappa shape index (κ2) is 6.22. The van der Waals surface area contributed by atoms with Crippen molar-refractivity contribution in [3.05, 3.63) is 47.0 Å². The van der Waals surface area contributed by atoms with Crippen molar-refractivity contribution < 1.29 is 0 Å². The molecule has 0 bridgehead atoms. The SMILES string of the molecule is C/C=C\CC(CC)c1cc(C(C)(C)C)ccc1C. The van der Waals surface area contributed by atoms with Crippen LogP contribution in [0.1, 0.15) is 70.1 Å². The number of benzene rings is 1. The lowest BCUT2D eigenvalue weighted by molar-refractivity contribution is 0.585. The van der Waals surface area contributed by atoms with E-state index in [0.29, 0.717) is 5.92 Å². The average molecular weight is 244 g/mol. The molecule has 1 aromatic carbocycles. The topological polar surface area (TPSA) is 0 Å². The van der Waals surface area contributed by atoms with Gasteiger partial charge in [0.25, 0.3) is 0 Å². The summed E-state index contributed by atoms with van der Waals surface area (Å²) in [6, 6.07) is 6.99. The van der Waals surface area contributed by atoms with Crippen LogP contribution in [-0.4, -0.2) is 0 Å². The zero-order valence-electron chi connectivity index (χ0n) is 12.9. The summed E-state index contributed by atoms with van der Waals surface area (Å²) >= 11 is 0. The first kappa shape index (κ1) is 15.0. The first-order chi connectivity index (χ1) is 8.40. The predicted molar refractivity (Wildman–Crippen MR) is 82.3 cm³/mol. The van der Waals surface area contributed by atoms with Gasteiger partial charge in [-0.05, 0) is 54.7 Å². The van der Waals surface area contributed by atoms with E-state index >= 15 is 0 Å². The van der Waals surface area contributed by atoms with Gasteiger partial charge in [-0.15, -0.1) is 0 Å². The fraction of sp³-hybridized carbons (Fsp3) is 0.556. The summed E-state index contributed by atoms with van der Waals surface area (Å²) in [5, 5.41) is 0. The standard InChI is InChI=1S/C18H28/c1-7-9-10-15(8-2)17-13-16(18(4,5)6)12-11-14(17)3/h7,9,11-13,15H,8,10H2,1-6H3/b9-7-. The molecule has 0 radical (unpaired) electrons. The third-order valence-corrected chi connectivity index (χ3v) is 3.73. The smallest absolute Gasteiger partial charge is 0.0127 e. The Hall–Kier alpha value is -1.04. The molecule has 0 aliphatic rings. The van der Waals surface area contributed by atoms with E-state index in [9.17, 15) is 0 Å². The van der Waals surface area contributed by atoms with Gasteiger partial charge < -0.3 is 0 Å². The summed E-state index contributed by atoms with van der Waals surface area (Å²) in [6.45, 7) is 13.5. The fourth-order valence-corrected chi connectivity index (χ4v) is 2.36. The Kier molecular flexibility index (Phi) is 5.19. The molecular weight excluding hydrogens is 216 g/mol. The second-order valence-corrected chi connectivity index (χ2v) is 6.23. The molecule has 0 fully saturated rings. The van der Waals surface area contributed by atoms with Crippen molar-refractivity contribution in [1.29, 1.82) is 0 Å². The van der Waals surface area contributed by atoms with Gasteiger partial charge >= 0.3 is 0 Å².